The molecule has 2 aromatic rings. The highest BCUT2D eigenvalue weighted by Gasteiger charge is 2.27. The molecule has 0 aliphatic heterocycles. The van der Waals surface area contributed by atoms with Crippen LogP contribution in [0.5, 0.6) is 0 Å². The summed E-state index contributed by atoms with van der Waals surface area (Å²) in [6, 6.07) is 6.75. The Bertz CT molecular complexity index is 606. The molecule has 0 bridgehead atoms. The number of nitrogens with zero attached hydrogens (tertiary/aromatic N) is 2. The summed E-state index contributed by atoms with van der Waals surface area (Å²) >= 11 is 0. The quantitative estimate of drug-likeness (QED) is 0.932. The van der Waals surface area contributed by atoms with Crippen molar-refractivity contribution in [2.45, 2.75) is 51.5 Å². The van der Waals surface area contributed by atoms with Crippen LogP contribution in [0.4, 0.5) is 0 Å². The molecule has 3 rings (SSSR count). The first-order chi connectivity index (χ1) is 9.61. The minimum absolute atomic E-state index is 0.287. The predicted octanol–water partition coefficient (Wildman–Crippen LogP) is 2.87. The molecule has 20 heavy (non-hydrogen) atoms. The first-order valence-corrected chi connectivity index (χ1v) is 7.26. The van der Waals surface area contributed by atoms with E-state index in [9.17, 15) is 0 Å². The molecule has 1 aliphatic carbocycles. The van der Waals surface area contributed by atoms with Gasteiger partial charge in [0.1, 0.15) is 0 Å². The lowest BCUT2D eigenvalue weighted by atomic mass is 10.0. The zero-order valence-corrected chi connectivity index (χ0v) is 12.1. The van der Waals surface area contributed by atoms with E-state index in [4.69, 9.17) is 10.3 Å². The van der Waals surface area contributed by atoms with Crippen LogP contribution in [0.3, 0.4) is 0 Å². The van der Waals surface area contributed by atoms with E-state index in [0.29, 0.717) is 5.92 Å². The van der Waals surface area contributed by atoms with E-state index in [-0.39, 0.29) is 6.04 Å². The normalized spacial score (nSPS) is 22.4. The van der Waals surface area contributed by atoms with Crippen LogP contribution < -0.4 is 5.73 Å². The summed E-state index contributed by atoms with van der Waals surface area (Å²) in [6.07, 6.45) is 3.81. The number of nitrogens with two attached hydrogens (primary N) is 1. The average molecular weight is 271 g/mol. The molecule has 2 unspecified atom stereocenters. The molecule has 1 aromatic heterocycles. The monoisotopic (exact) mass is 271 g/mol. The SMILES string of the molecule is Cc1ccc(Cc2noc(C3CCC(N)C3)n2)cc1C. The summed E-state index contributed by atoms with van der Waals surface area (Å²) in [4.78, 5) is 4.54. The Labute approximate surface area is 119 Å². The maximum atomic E-state index is 5.93. The first-order valence-electron chi connectivity index (χ1n) is 7.26. The van der Waals surface area contributed by atoms with Crippen LogP contribution in [-0.4, -0.2) is 16.2 Å². The van der Waals surface area contributed by atoms with E-state index in [1.165, 1.54) is 16.7 Å². The van der Waals surface area contributed by atoms with E-state index in [1.807, 2.05) is 0 Å². The summed E-state index contributed by atoms with van der Waals surface area (Å²) in [5.74, 6) is 1.88. The van der Waals surface area contributed by atoms with Crippen LogP contribution in [0.25, 0.3) is 0 Å². The van der Waals surface area contributed by atoms with Gasteiger partial charge in [-0.2, -0.15) is 4.98 Å². The molecule has 0 spiro atoms. The van der Waals surface area contributed by atoms with E-state index in [1.54, 1.807) is 0 Å². The highest BCUT2D eigenvalue weighted by atomic mass is 16.5. The van der Waals surface area contributed by atoms with Crippen molar-refractivity contribution < 1.29 is 4.52 Å². The number of hydrogen-bond acceptors (Lipinski definition) is 4. The van der Waals surface area contributed by atoms with Crippen LogP contribution in [0.1, 0.15) is 53.6 Å². The number of benzene rings is 1. The van der Waals surface area contributed by atoms with Crippen molar-refractivity contribution in [3.63, 3.8) is 0 Å². The number of rotatable bonds is 3. The maximum Gasteiger partial charge on any atom is 0.229 e. The molecule has 0 amide bonds. The number of hydrogen-bond donors (Lipinski definition) is 1. The van der Waals surface area contributed by atoms with Crippen molar-refractivity contribution in [3.8, 4) is 0 Å². The topological polar surface area (TPSA) is 64.9 Å². The maximum absolute atomic E-state index is 5.93. The second kappa shape index (κ2) is 5.37. The summed E-state index contributed by atoms with van der Waals surface area (Å²) in [5, 5.41) is 4.11. The van der Waals surface area contributed by atoms with Gasteiger partial charge in [0.05, 0.1) is 0 Å². The fourth-order valence-electron chi connectivity index (χ4n) is 2.84. The van der Waals surface area contributed by atoms with E-state index >= 15 is 0 Å². The van der Waals surface area contributed by atoms with Crippen molar-refractivity contribution >= 4 is 0 Å². The van der Waals surface area contributed by atoms with Gasteiger partial charge >= 0.3 is 0 Å². The molecule has 4 heteroatoms. The first kappa shape index (κ1) is 13.3. The average Bonchev–Trinajstić information content (AvgIpc) is 3.03. The number of aromatic nitrogens is 2. The van der Waals surface area contributed by atoms with Crippen molar-refractivity contribution in [2.24, 2.45) is 5.73 Å². The zero-order valence-electron chi connectivity index (χ0n) is 12.1. The van der Waals surface area contributed by atoms with E-state index < -0.39 is 0 Å². The molecular formula is C16H21N3O. The Morgan fingerprint density at radius 1 is 1.25 bits per heavy atom. The van der Waals surface area contributed by atoms with E-state index in [2.05, 4.69) is 42.2 Å². The molecular weight excluding hydrogens is 250 g/mol. The highest BCUT2D eigenvalue weighted by Crippen LogP contribution is 2.32. The smallest absolute Gasteiger partial charge is 0.229 e. The minimum atomic E-state index is 0.287. The largest absolute Gasteiger partial charge is 0.339 e. The minimum Gasteiger partial charge on any atom is -0.339 e. The van der Waals surface area contributed by atoms with Crippen molar-refractivity contribution in [1.29, 1.82) is 0 Å². The fourth-order valence-corrected chi connectivity index (χ4v) is 2.84. The molecule has 1 fully saturated rings. The van der Waals surface area contributed by atoms with Crippen LogP contribution in [0.2, 0.25) is 0 Å². The summed E-state index contributed by atoms with van der Waals surface area (Å²) in [7, 11) is 0. The van der Waals surface area contributed by atoms with Crippen molar-refractivity contribution in [1.82, 2.24) is 10.1 Å². The summed E-state index contributed by atoms with van der Waals surface area (Å²) in [6.45, 7) is 4.25. The lowest BCUT2D eigenvalue weighted by Crippen LogP contribution is -2.14. The van der Waals surface area contributed by atoms with Gasteiger partial charge in [0.15, 0.2) is 5.82 Å². The molecule has 0 radical (unpaired) electrons. The third kappa shape index (κ3) is 2.75. The Kier molecular flexibility index (Phi) is 3.57. The third-order valence-corrected chi connectivity index (χ3v) is 4.24. The van der Waals surface area contributed by atoms with Gasteiger partial charge in [-0.15, -0.1) is 0 Å². The predicted molar refractivity (Wildman–Crippen MR) is 77.6 cm³/mol. The molecule has 2 atom stereocenters. The van der Waals surface area contributed by atoms with Gasteiger partial charge in [-0.05, 0) is 49.8 Å². The van der Waals surface area contributed by atoms with E-state index in [0.717, 1.165) is 37.4 Å². The van der Waals surface area contributed by atoms with Gasteiger partial charge in [-0.3, -0.25) is 0 Å². The molecule has 4 nitrogen and oxygen atoms in total. The van der Waals surface area contributed by atoms with Crippen LogP contribution in [0, 0.1) is 13.8 Å². The Morgan fingerprint density at radius 2 is 2.10 bits per heavy atom. The fraction of sp³-hybridized carbons (Fsp3) is 0.500. The molecule has 0 saturated heterocycles. The lowest BCUT2D eigenvalue weighted by Gasteiger charge is -2.03. The Morgan fingerprint density at radius 3 is 2.80 bits per heavy atom. The van der Waals surface area contributed by atoms with Gasteiger partial charge in [0.2, 0.25) is 5.89 Å². The zero-order chi connectivity index (χ0) is 14.1. The second-order valence-corrected chi connectivity index (χ2v) is 5.91. The van der Waals surface area contributed by atoms with Crippen LogP contribution in [-0.2, 0) is 6.42 Å². The van der Waals surface area contributed by atoms with Gasteiger partial charge in [0, 0.05) is 18.4 Å². The van der Waals surface area contributed by atoms with Crippen molar-refractivity contribution in [3.05, 3.63) is 46.6 Å². The lowest BCUT2D eigenvalue weighted by molar-refractivity contribution is 0.350. The molecule has 1 saturated carbocycles. The highest BCUT2D eigenvalue weighted by molar-refractivity contribution is 5.31. The molecule has 2 N–H and O–H groups in total. The van der Waals surface area contributed by atoms with Gasteiger partial charge in [-0.25, -0.2) is 0 Å². The van der Waals surface area contributed by atoms with Crippen molar-refractivity contribution in [2.75, 3.05) is 0 Å². The molecule has 106 valence electrons. The molecule has 1 heterocycles. The Balaban J connectivity index is 1.72. The second-order valence-electron chi connectivity index (χ2n) is 5.91. The van der Waals surface area contributed by atoms with Crippen LogP contribution in [0.15, 0.2) is 22.7 Å². The van der Waals surface area contributed by atoms with Gasteiger partial charge in [-0.1, -0.05) is 23.4 Å². The third-order valence-electron chi connectivity index (χ3n) is 4.24. The standard InChI is InChI=1S/C16H21N3O/c1-10-3-4-12(7-11(10)2)8-15-18-16(20-19-15)13-5-6-14(17)9-13/h3-4,7,13-14H,5-6,8-9,17H2,1-2H3. The van der Waals surface area contributed by atoms with Gasteiger partial charge in [0.25, 0.3) is 0 Å². The van der Waals surface area contributed by atoms with Crippen LogP contribution >= 0.6 is 0 Å². The number of aryl methyl sites for hydroxylation is 2. The Hall–Kier alpha value is -1.68. The molecule has 1 aromatic carbocycles. The van der Waals surface area contributed by atoms with Gasteiger partial charge < -0.3 is 10.3 Å². The molecule has 1 aliphatic rings. The summed E-state index contributed by atoms with van der Waals surface area (Å²) in [5.41, 5.74) is 9.77. The summed E-state index contributed by atoms with van der Waals surface area (Å²) < 4.78 is 5.41.